The van der Waals surface area contributed by atoms with E-state index in [9.17, 15) is 16.8 Å². The second kappa shape index (κ2) is 5.97. The SMILES string of the molecule is O=S(=O)(O)C=Cc1ccccc1.O=S1(=O)C=C2CCC2=C1. The van der Waals surface area contributed by atoms with Crippen LogP contribution >= 0.6 is 0 Å². The quantitative estimate of drug-likeness (QED) is 0.844. The van der Waals surface area contributed by atoms with Crippen molar-refractivity contribution in [2.24, 2.45) is 0 Å². The molecular formula is C14H14O5S2. The van der Waals surface area contributed by atoms with E-state index in [4.69, 9.17) is 4.55 Å². The number of allylic oxidation sites excluding steroid dienone is 2. The van der Waals surface area contributed by atoms with Gasteiger partial charge in [0.2, 0.25) is 0 Å². The molecule has 1 aliphatic heterocycles. The third-order valence-corrected chi connectivity index (χ3v) is 4.63. The number of benzene rings is 1. The Hall–Kier alpha value is -1.70. The van der Waals surface area contributed by atoms with Crippen molar-refractivity contribution in [1.29, 1.82) is 0 Å². The molecule has 0 aromatic heterocycles. The summed E-state index contributed by atoms with van der Waals surface area (Å²) >= 11 is 0. The molecule has 0 bridgehead atoms. The van der Waals surface area contributed by atoms with E-state index in [1.54, 1.807) is 24.3 Å². The van der Waals surface area contributed by atoms with Gasteiger partial charge in [0.05, 0.1) is 5.41 Å². The first-order valence-corrected chi connectivity index (χ1v) is 9.24. The van der Waals surface area contributed by atoms with Crippen LogP contribution in [0.1, 0.15) is 18.4 Å². The molecule has 1 saturated carbocycles. The van der Waals surface area contributed by atoms with Crippen LogP contribution in [-0.2, 0) is 20.0 Å². The van der Waals surface area contributed by atoms with Gasteiger partial charge in [0, 0.05) is 10.8 Å². The highest BCUT2D eigenvalue weighted by Crippen LogP contribution is 2.38. The summed E-state index contributed by atoms with van der Waals surface area (Å²) in [5.74, 6) is 0. The van der Waals surface area contributed by atoms with Crippen molar-refractivity contribution in [2.45, 2.75) is 12.8 Å². The number of sulfone groups is 1. The van der Waals surface area contributed by atoms with Crippen LogP contribution in [0.15, 0.2) is 57.7 Å². The fourth-order valence-electron chi connectivity index (χ4n) is 1.84. The minimum atomic E-state index is -4.00. The molecule has 0 unspecified atom stereocenters. The zero-order chi connectivity index (χ0) is 15.5. The fraction of sp³-hybridized carbons (Fsp3) is 0.143. The highest BCUT2D eigenvalue weighted by molar-refractivity contribution is 7.97. The fourth-order valence-corrected chi connectivity index (χ4v) is 3.57. The summed E-state index contributed by atoms with van der Waals surface area (Å²) < 4.78 is 50.4. The van der Waals surface area contributed by atoms with Crippen molar-refractivity contribution in [2.75, 3.05) is 0 Å². The van der Waals surface area contributed by atoms with Gasteiger partial charge in [-0.15, -0.1) is 0 Å². The number of hydrogen-bond acceptors (Lipinski definition) is 4. The van der Waals surface area contributed by atoms with Gasteiger partial charge in [-0.3, -0.25) is 4.55 Å². The van der Waals surface area contributed by atoms with Crippen molar-refractivity contribution in [3.05, 3.63) is 63.3 Å². The smallest absolute Gasteiger partial charge is 0.282 e. The highest BCUT2D eigenvalue weighted by Gasteiger charge is 2.26. The second-order valence-electron chi connectivity index (χ2n) is 4.60. The summed E-state index contributed by atoms with van der Waals surface area (Å²) in [5, 5.41) is 3.49. The van der Waals surface area contributed by atoms with Gasteiger partial charge in [-0.05, 0) is 35.6 Å². The zero-order valence-electron chi connectivity index (χ0n) is 11.0. The van der Waals surface area contributed by atoms with Crippen LogP contribution in [0.3, 0.4) is 0 Å². The Bertz CT molecular complexity index is 787. The van der Waals surface area contributed by atoms with Crippen molar-refractivity contribution in [3.63, 3.8) is 0 Å². The molecule has 1 fully saturated rings. The molecule has 5 nitrogen and oxygen atoms in total. The van der Waals surface area contributed by atoms with E-state index in [-0.39, 0.29) is 0 Å². The van der Waals surface area contributed by atoms with Gasteiger partial charge in [-0.1, -0.05) is 30.3 Å². The maximum absolute atomic E-state index is 10.7. The first kappa shape index (κ1) is 15.7. The molecule has 3 rings (SSSR count). The molecule has 1 aromatic carbocycles. The zero-order valence-corrected chi connectivity index (χ0v) is 12.6. The van der Waals surface area contributed by atoms with Gasteiger partial charge >= 0.3 is 0 Å². The maximum Gasteiger partial charge on any atom is 0.287 e. The Morgan fingerprint density at radius 3 is 1.90 bits per heavy atom. The van der Waals surface area contributed by atoms with Crippen LogP contribution < -0.4 is 0 Å². The highest BCUT2D eigenvalue weighted by atomic mass is 32.2. The van der Waals surface area contributed by atoms with E-state index in [0.29, 0.717) is 0 Å². The Morgan fingerprint density at radius 1 is 1.00 bits per heavy atom. The first-order valence-electron chi connectivity index (χ1n) is 6.12. The van der Waals surface area contributed by atoms with Crippen LogP contribution in [0.4, 0.5) is 0 Å². The number of fused-ring (bicyclic) bond motifs is 1. The van der Waals surface area contributed by atoms with Crippen LogP contribution in [0.25, 0.3) is 6.08 Å². The van der Waals surface area contributed by atoms with E-state index in [1.165, 1.54) is 16.9 Å². The molecule has 2 aliphatic rings. The van der Waals surface area contributed by atoms with E-state index in [2.05, 4.69) is 0 Å². The lowest BCUT2D eigenvalue weighted by Gasteiger charge is -2.15. The van der Waals surface area contributed by atoms with Gasteiger partial charge in [-0.25, -0.2) is 8.42 Å². The molecule has 0 radical (unpaired) electrons. The lowest BCUT2D eigenvalue weighted by atomic mass is 9.89. The molecule has 112 valence electrons. The summed E-state index contributed by atoms with van der Waals surface area (Å²) in [6.45, 7) is 0. The Kier molecular flexibility index (Phi) is 4.46. The van der Waals surface area contributed by atoms with E-state index >= 15 is 0 Å². The van der Waals surface area contributed by atoms with Gasteiger partial charge in [-0.2, -0.15) is 8.42 Å². The summed E-state index contributed by atoms with van der Waals surface area (Å²) in [4.78, 5) is 0. The standard InChI is InChI=1S/C8H8O3S.C6H6O2S/c9-12(10,11)7-6-8-4-2-1-3-5-8;7-9(8)3-5-1-2-6(5)4-9/h1-7H,(H,9,10,11);3-4H,1-2H2. The van der Waals surface area contributed by atoms with E-state index in [1.807, 2.05) is 6.07 Å². The first-order chi connectivity index (χ1) is 9.75. The lowest BCUT2D eigenvalue weighted by molar-refractivity contribution is 0.494. The summed E-state index contributed by atoms with van der Waals surface area (Å²) in [6.07, 6.45) is 3.23. The minimum absolute atomic E-state index is 0.732. The third kappa shape index (κ3) is 4.96. The van der Waals surface area contributed by atoms with Crippen molar-refractivity contribution >= 4 is 26.0 Å². The van der Waals surface area contributed by atoms with Gasteiger partial charge in [0.1, 0.15) is 0 Å². The Balaban J connectivity index is 0.000000159. The third-order valence-electron chi connectivity index (χ3n) is 2.92. The van der Waals surface area contributed by atoms with Crippen LogP contribution in [0.5, 0.6) is 0 Å². The van der Waals surface area contributed by atoms with E-state index in [0.717, 1.165) is 35.0 Å². The molecule has 7 heteroatoms. The molecule has 1 heterocycles. The monoisotopic (exact) mass is 326 g/mol. The second-order valence-corrected chi connectivity index (χ2v) is 7.56. The Morgan fingerprint density at radius 2 is 1.52 bits per heavy atom. The molecule has 1 aliphatic carbocycles. The predicted molar refractivity (Wildman–Crippen MR) is 81.3 cm³/mol. The molecule has 0 atom stereocenters. The van der Waals surface area contributed by atoms with Crippen LogP contribution in [-0.4, -0.2) is 21.4 Å². The van der Waals surface area contributed by atoms with Crippen molar-refractivity contribution in [1.82, 2.24) is 0 Å². The van der Waals surface area contributed by atoms with Crippen molar-refractivity contribution in [3.8, 4) is 0 Å². The minimum Gasteiger partial charge on any atom is -0.282 e. The molecule has 0 spiro atoms. The van der Waals surface area contributed by atoms with E-state index < -0.39 is 20.0 Å². The average Bonchev–Trinajstić information content (AvgIpc) is 2.60. The normalized spacial score (nSPS) is 18.9. The van der Waals surface area contributed by atoms with Crippen molar-refractivity contribution < 1.29 is 21.4 Å². The molecular weight excluding hydrogens is 312 g/mol. The van der Waals surface area contributed by atoms with Gasteiger partial charge in [0.15, 0.2) is 9.84 Å². The number of rotatable bonds is 2. The maximum atomic E-state index is 10.7. The van der Waals surface area contributed by atoms with Gasteiger partial charge in [0.25, 0.3) is 10.1 Å². The molecule has 1 aromatic rings. The summed E-state index contributed by atoms with van der Waals surface area (Å²) in [5.41, 5.74) is 2.78. The average molecular weight is 326 g/mol. The lowest BCUT2D eigenvalue weighted by Crippen LogP contribution is -1.97. The number of hydrogen-bond donors (Lipinski definition) is 1. The molecule has 1 N–H and O–H groups in total. The predicted octanol–water partition coefficient (Wildman–Crippen LogP) is 2.52. The van der Waals surface area contributed by atoms with Crippen LogP contribution in [0, 0.1) is 0 Å². The summed E-state index contributed by atoms with van der Waals surface area (Å²) in [7, 11) is -6.91. The topological polar surface area (TPSA) is 88.5 Å². The van der Waals surface area contributed by atoms with Gasteiger partial charge < -0.3 is 0 Å². The van der Waals surface area contributed by atoms with Crippen LogP contribution in [0.2, 0.25) is 0 Å². The molecule has 0 saturated heterocycles. The molecule has 21 heavy (non-hydrogen) atoms. The largest absolute Gasteiger partial charge is 0.287 e. The molecule has 0 amide bonds. The summed E-state index contributed by atoms with van der Waals surface area (Å²) in [6, 6.07) is 8.86. The Labute approximate surface area is 124 Å².